The van der Waals surface area contributed by atoms with E-state index in [0.717, 1.165) is 39.3 Å². The fourth-order valence-electron chi connectivity index (χ4n) is 3.54. The van der Waals surface area contributed by atoms with Crippen LogP contribution in [0.5, 0.6) is 11.5 Å². The zero-order valence-electron chi connectivity index (χ0n) is 17.9. The number of amides is 1. The highest BCUT2D eigenvalue weighted by molar-refractivity contribution is 5.87. The summed E-state index contributed by atoms with van der Waals surface area (Å²) in [4.78, 5) is 17.9. The molecule has 3 rings (SSSR count). The second kappa shape index (κ2) is 8.86. The number of benzene rings is 2. The summed E-state index contributed by atoms with van der Waals surface area (Å²) in [7, 11) is 3.23. The van der Waals surface area contributed by atoms with Gasteiger partial charge < -0.3 is 14.6 Å². The lowest BCUT2D eigenvalue weighted by molar-refractivity contribution is 0.201. The van der Waals surface area contributed by atoms with Crippen LogP contribution in [-0.4, -0.2) is 30.4 Å². The summed E-state index contributed by atoms with van der Waals surface area (Å²) in [5.41, 5.74) is 5.83. The third kappa shape index (κ3) is 4.38. The number of carboxylic acid groups (broad SMARTS) is 1. The first kappa shape index (κ1) is 21.2. The van der Waals surface area contributed by atoms with E-state index in [0.29, 0.717) is 11.4 Å². The smallest absolute Gasteiger partial charge is 0.412 e. The molecule has 1 amide bonds. The maximum atomic E-state index is 12.1. The first-order valence-electron chi connectivity index (χ1n) is 9.59. The Kier molecular flexibility index (Phi) is 6.26. The van der Waals surface area contributed by atoms with Crippen LogP contribution < -0.4 is 14.4 Å². The number of rotatable bonds is 6. The summed E-state index contributed by atoms with van der Waals surface area (Å²) in [5.74, 6) is 1.48. The van der Waals surface area contributed by atoms with Gasteiger partial charge in [0.2, 0.25) is 0 Å². The molecule has 6 nitrogen and oxygen atoms in total. The zero-order chi connectivity index (χ0) is 21.8. The fraction of sp³-hybridized carbons (Fsp3) is 0.250. The fourth-order valence-corrected chi connectivity index (χ4v) is 3.54. The molecule has 0 radical (unpaired) electrons. The van der Waals surface area contributed by atoms with Crippen molar-refractivity contribution in [1.82, 2.24) is 4.98 Å². The second-order valence-corrected chi connectivity index (χ2v) is 7.20. The molecule has 2 aromatic carbocycles. The Morgan fingerprint density at radius 2 is 1.80 bits per heavy atom. The van der Waals surface area contributed by atoms with Gasteiger partial charge in [0.25, 0.3) is 0 Å². The molecule has 0 aliphatic carbocycles. The first-order valence-corrected chi connectivity index (χ1v) is 9.59. The molecule has 3 aromatic rings. The van der Waals surface area contributed by atoms with E-state index in [-0.39, 0.29) is 6.54 Å². The van der Waals surface area contributed by atoms with Crippen molar-refractivity contribution >= 4 is 11.8 Å². The number of aromatic nitrogens is 1. The number of pyridine rings is 1. The van der Waals surface area contributed by atoms with Gasteiger partial charge in [-0.25, -0.2) is 4.79 Å². The van der Waals surface area contributed by atoms with E-state index in [1.54, 1.807) is 20.4 Å². The number of carbonyl (C=O) groups is 1. The van der Waals surface area contributed by atoms with Crippen LogP contribution in [0.3, 0.4) is 0 Å². The van der Waals surface area contributed by atoms with Gasteiger partial charge in [-0.05, 0) is 61.7 Å². The number of hydrogen-bond acceptors (Lipinski definition) is 4. The van der Waals surface area contributed by atoms with E-state index in [1.807, 2.05) is 63.2 Å². The van der Waals surface area contributed by atoms with Gasteiger partial charge in [0, 0.05) is 23.0 Å². The Morgan fingerprint density at radius 3 is 2.47 bits per heavy atom. The van der Waals surface area contributed by atoms with Crippen molar-refractivity contribution in [3.05, 3.63) is 71.0 Å². The van der Waals surface area contributed by atoms with Gasteiger partial charge >= 0.3 is 6.09 Å². The minimum absolute atomic E-state index is 0.124. The van der Waals surface area contributed by atoms with Crippen molar-refractivity contribution in [2.75, 3.05) is 19.1 Å². The summed E-state index contributed by atoms with van der Waals surface area (Å²) in [6.45, 7) is 5.88. The van der Waals surface area contributed by atoms with Crippen molar-refractivity contribution in [2.45, 2.75) is 27.3 Å². The molecule has 0 saturated heterocycles. The molecule has 0 aliphatic rings. The summed E-state index contributed by atoms with van der Waals surface area (Å²) >= 11 is 0. The first-order chi connectivity index (χ1) is 14.3. The van der Waals surface area contributed by atoms with Gasteiger partial charge in [-0.15, -0.1) is 0 Å². The van der Waals surface area contributed by atoms with Gasteiger partial charge in [0.05, 0.1) is 26.5 Å². The van der Waals surface area contributed by atoms with E-state index in [1.165, 1.54) is 4.90 Å². The predicted octanol–water partition coefficient (Wildman–Crippen LogP) is 5.38. The average molecular weight is 406 g/mol. The third-order valence-electron chi connectivity index (χ3n) is 5.07. The quantitative estimate of drug-likeness (QED) is 0.595. The van der Waals surface area contributed by atoms with Crippen LogP contribution in [0.2, 0.25) is 0 Å². The lowest BCUT2D eigenvalue weighted by Gasteiger charge is -2.22. The molecule has 0 bridgehead atoms. The number of anilines is 1. The molecular formula is C24H26N2O4. The van der Waals surface area contributed by atoms with Crippen LogP contribution in [0.25, 0.3) is 11.1 Å². The van der Waals surface area contributed by atoms with Gasteiger partial charge in [0.1, 0.15) is 11.5 Å². The molecule has 0 atom stereocenters. The van der Waals surface area contributed by atoms with Crippen LogP contribution in [-0.2, 0) is 6.54 Å². The average Bonchev–Trinajstić information content (AvgIpc) is 2.73. The van der Waals surface area contributed by atoms with Crippen LogP contribution >= 0.6 is 0 Å². The Hall–Kier alpha value is -3.54. The van der Waals surface area contributed by atoms with Gasteiger partial charge in [-0.3, -0.25) is 9.88 Å². The molecule has 0 unspecified atom stereocenters. The maximum Gasteiger partial charge on any atom is 0.412 e. The number of hydrogen-bond donors (Lipinski definition) is 1. The van der Waals surface area contributed by atoms with Crippen molar-refractivity contribution in [2.24, 2.45) is 0 Å². The molecule has 0 fully saturated rings. The summed E-state index contributed by atoms with van der Waals surface area (Å²) in [6.07, 6.45) is 0.664. The third-order valence-corrected chi connectivity index (χ3v) is 5.07. The highest BCUT2D eigenvalue weighted by atomic mass is 16.5. The van der Waals surface area contributed by atoms with Crippen molar-refractivity contribution in [3.63, 3.8) is 0 Å². The number of methoxy groups -OCH3 is 2. The number of aryl methyl sites for hydroxylation is 2. The van der Waals surface area contributed by atoms with Crippen LogP contribution in [0, 0.1) is 20.8 Å². The number of ether oxygens (including phenoxy) is 2. The van der Waals surface area contributed by atoms with Crippen LogP contribution in [0.15, 0.2) is 48.7 Å². The molecule has 1 heterocycles. The van der Waals surface area contributed by atoms with E-state index in [9.17, 15) is 9.90 Å². The van der Waals surface area contributed by atoms with Gasteiger partial charge in [-0.2, -0.15) is 0 Å². The monoisotopic (exact) mass is 406 g/mol. The normalized spacial score (nSPS) is 10.6. The molecule has 1 aromatic heterocycles. The molecule has 1 N–H and O–H groups in total. The summed E-state index contributed by atoms with van der Waals surface area (Å²) < 4.78 is 10.8. The topological polar surface area (TPSA) is 71.9 Å². The zero-order valence-corrected chi connectivity index (χ0v) is 17.9. The van der Waals surface area contributed by atoms with Crippen molar-refractivity contribution in [3.8, 4) is 22.6 Å². The predicted molar refractivity (Wildman–Crippen MR) is 118 cm³/mol. The SMILES string of the molecule is COc1cccc(-c2cc(C)cc(N(Cc3ncc(C)c(OC)c3C)C(=O)O)c2)c1. The molecular weight excluding hydrogens is 380 g/mol. The molecule has 6 heteroatoms. The molecule has 0 spiro atoms. The standard InChI is InChI=1S/C24H26N2O4/c1-15-9-19(18-7-6-8-21(12-18)29-4)11-20(10-15)26(24(27)28)14-22-17(3)23(30-5)16(2)13-25-22/h6-13H,14H2,1-5H3,(H,27,28). The second-order valence-electron chi connectivity index (χ2n) is 7.20. The van der Waals surface area contributed by atoms with Crippen molar-refractivity contribution in [1.29, 1.82) is 0 Å². The maximum absolute atomic E-state index is 12.1. The highest BCUT2D eigenvalue weighted by Crippen LogP contribution is 2.31. The van der Waals surface area contributed by atoms with Crippen molar-refractivity contribution < 1.29 is 19.4 Å². The molecule has 30 heavy (non-hydrogen) atoms. The van der Waals surface area contributed by atoms with E-state index in [2.05, 4.69) is 4.98 Å². The van der Waals surface area contributed by atoms with Crippen LogP contribution in [0.4, 0.5) is 10.5 Å². The lowest BCUT2D eigenvalue weighted by Crippen LogP contribution is -2.29. The lowest BCUT2D eigenvalue weighted by atomic mass is 10.0. The minimum atomic E-state index is -1.04. The highest BCUT2D eigenvalue weighted by Gasteiger charge is 2.20. The van der Waals surface area contributed by atoms with Gasteiger partial charge in [-0.1, -0.05) is 18.2 Å². The number of nitrogens with zero attached hydrogens (tertiary/aromatic N) is 2. The Morgan fingerprint density at radius 1 is 1.03 bits per heavy atom. The largest absolute Gasteiger partial charge is 0.497 e. The molecule has 0 saturated carbocycles. The Balaban J connectivity index is 2.03. The van der Waals surface area contributed by atoms with Crippen LogP contribution in [0.1, 0.15) is 22.4 Å². The summed E-state index contributed by atoms with van der Waals surface area (Å²) in [6, 6.07) is 13.5. The molecule has 156 valence electrons. The minimum Gasteiger partial charge on any atom is -0.497 e. The van der Waals surface area contributed by atoms with E-state index < -0.39 is 6.09 Å². The van der Waals surface area contributed by atoms with Gasteiger partial charge in [0.15, 0.2) is 0 Å². The Bertz CT molecular complexity index is 1080. The van der Waals surface area contributed by atoms with E-state index >= 15 is 0 Å². The summed E-state index contributed by atoms with van der Waals surface area (Å²) in [5, 5.41) is 9.94. The van der Waals surface area contributed by atoms with E-state index in [4.69, 9.17) is 9.47 Å². The Labute approximate surface area is 176 Å². The molecule has 0 aliphatic heterocycles.